The lowest BCUT2D eigenvalue weighted by atomic mass is 10.1. The third kappa shape index (κ3) is 2.13. The summed E-state index contributed by atoms with van der Waals surface area (Å²) in [6.07, 6.45) is 2.58. The Morgan fingerprint density at radius 3 is 2.93 bits per heavy atom. The van der Waals surface area contributed by atoms with E-state index in [-0.39, 0.29) is 18.4 Å². The predicted octanol–water partition coefficient (Wildman–Crippen LogP) is 0.884. The molecule has 1 rings (SSSR count). The van der Waals surface area contributed by atoms with Gasteiger partial charge in [-0.1, -0.05) is 6.08 Å². The molecule has 0 saturated carbocycles. The number of nitrogens with zero attached hydrogens (tertiary/aromatic N) is 1. The van der Waals surface area contributed by atoms with Gasteiger partial charge in [-0.15, -0.1) is 6.58 Å². The molecular formula is C10H15NO3. The van der Waals surface area contributed by atoms with Crippen LogP contribution in [0.3, 0.4) is 0 Å². The van der Waals surface area contributed by atoms with Gasteiger partial charge in [0.15, 0.2) is 0 Å². The summed E-state index contributed by atoms with van der Waals surface area (Å²) in [6.45, 7) is 5.84. The summed E-state index contributed by atoms with van der Waals surface area (Å²) < 4.78 is 0. The molecule has 1 aliphatic rings. The van der Waals surface area contributed by atoms with Crippen molar-refractivity contribution in [3.05, 3.63) is 12.7 Å². The van der Waals surface area contributed by atoms with Crippen LogP contribution in [0.2, 0.25) is 0 Å². The second kappa shape index (κ2) is 4.26. The molecule has 1 fully saturated rings. The summed E-state index contributed by atoms with van der Waals surface area (Å²) in [7, 11) is 0. The summed E-state index contributed by atoms with van der Waals surface area (Å²) in [5.41, 5.74) is 0. The highest BCUT2D eigenvalue weighted by atomic mass is 16.4. The number of carbonyl (C=O) groups excluding carboxylic acids is 1. The monoisotopic (exact) mass is 197 g/mol. The van der Waals surface area contributed by atoms with Crippen LogP contribution in [0.5, 0.6) is 0 Å². The molecule has 2 atom stereocenters. The standard InChI is InChI=1S/C10H15NO3/c1-3-4-7(2)11-6-8(10(13)14)5-9(11)12/h3,7-8H,1,4-6H2,2H3,(H,13,14). The van der Waals surface area contributed by atoms with E-state index >= 15 is 0 Å². The average molecular weight is 197 g/mol. The number of aliphatic carboxylic acids is 1. The summed E-state index contributed by atoms with van der Waals surface area (Å²) in [5.74, 6) is -1.48. The number of likely N-dealkylation sites (tertiary alicyclic amines) is 1. The van der Waals surface area contributed by atoms with Gasteiger partial charge in [-0.3, -0.25) is 9.59 Å². The minimum Gasteiger partial charge on any atom is -0.481 e. The molecule has 1 heterocycles. The summed E-state index contributed by atoms with van der Waals surface area (Å²) in [5, 5.41) is 8.76. The highest BCUT2D eigenvalue weighted by molar-refractivity contribution is 5.86. The van der Waals surface area contributed by atoms with Crippen LogP contribution in [0.1, 0.15) is 19.8 Å². The van der Waals surface area contributed by atoms with Gasteiger partial charge in [-0.25, -0.2) is 0 Å². The minimum atomic E-state index is -0.883. The van der Waals surface area contributed by atoms with Gasteiger partial charge in [0, 0.05) is 19.0 Å². The molecule has 0 aromatic rings. The van der Waals surface area contributed by atoms with Crippen LogP contribution >= 0.6 is 0 Å². The van der Waals surface area contributed by atoms with Crippen LogP contribution in [0, 0.1) is 5.92 Å². The second-order valence-corrected chi connectivity index (χ2v) is 3.66. The normalized spacial score (nSPS) is 23.6. The molecular weight excluding hydrogens is 182 g/mol. The zero-order chi connectivity index (χ0) is 10.7. The molecule has 1 amide bonds. The maximum Gasteiger partial charge on any atom is 0.308 e. The molecule has 1 aliphatic heterocycles. The summed E-state index contributed by atoms with van der Waals surface area (Å²) >= 11 is 0. The zero-order valence-electron chi connectivity index (χ0n) is 8.27. The largest absolute Gasteiger partial charge is 0.481 e. The zero-order valence-corrected chi connectivity index (χ0v) is 8.27. The number of carboxylic acids is 1. The molecule has 1 saturated heterocycles. The first-order chi connectivity index (χ1) is 6.56. The van der Waals surface area contributed by atoms with Crippen molar-refractivity contribution in [2.45, 2.75) is 25.8 Å². The molecule has 4 heteroatoms. The van der Waals surface area contributed by atoms with Crippen molar-refractivity contribution in [3.63, 3.8) is 0 Å². The fourth-order valence-electron chi connectivity index (χ4n) is 1.69. The third-order valence-corrected chi connectivity index (χ3v) is 2.55. The molecule has 14 heavy (non-hydrogen) atoms. The molecule has 0 aromatic heterocycles. The molecule has 4 nitrogen and oxygen atoms in total. The molecule has 0 bridgehead atoms. The van der Waals surface area contributed by atoms with E-state index in [4.69, 9.17) is 5.11 Å². The Morgan fingerprint density at radius 1 is 1.86 bits per heavy atom. The first kappa shape index (κ1) is 10.8. The van der Waals surface area contributed by atoms with Gasteiger partial charge in [-0.05, 0) is 13.3 Å². The van der Waals surface area contributed by atoms with Crippen molar-refractivity contribution in [1.82, 2.24) is 4.90 Å². The van der Waals surface area contributed by atoms with Crippen molar-refractivity contribution in [2.24, 2.45) is 5.92 Å². The second-order valence-electron chi connectivity index (χ2n) is 3.66. The molecule has 0 aromatic carbocycles. The maximum absolute atomic E-state index is 11.4. The Morgan fingerprint density at radius 2 is 2.50 bits per heavy atom. The van der Waals surface area contributed by atoms with Crippen LogP contribution < -0.4 is 0 Å². The third-order valence-electron chi connectivity index (χ3n) is 2.55. The van der Waals surface area contributed by atoms with E-state index in [1.165, 1.54) is 0 Å². The Kier molecular flexibility index (Phi) is 3.28. The first-order valence-electron chi connectivity index (χ1n) is 4.69. The topological polar surface area (TPSA) is 57.6 Å². The van der Waals surface area contributed by atoms with Crippen LogP contribution in [0.25, 0.3) is 0 Å². The Bertz CT molecular complexity index is 262. The van der Waals surface area contributed by atoms with E-state index in [1.54, 1.807) is 11.0 Å². The maximum atomic E-state index is 11.4. The van der Waals surface area contributed by atoms with Crippen LogP contribution in [0.15, 0.2) is 12.7 Å². The fourth-order valence-corrected chi connectivity index (χ4v) is 1.69. The van der Waals surface area contributed by atoms with Gasteiger partial charge in [0.25, 0.3) is 0 Å². The smallest absolute Gasteiger partial charge is 0.308 e. The molecule has 0 spiro atoms. The van der Waals surface area contributed by atoms with E-state index in [2.05, 4.69) is 6.58 Å². The van der Waals surface area contributed by atoms with Crippen LogP contribution in [0.4, 0.5) is 0 Å². The van der Waals surface area contributed by atoms with Gasteiger partial charge in [-0.2, -0.15) is 0 Å². The summed E-state index contributed by atoms with van der Waals surface area (Å²) in [6, 6.07) is 0.0596. The molecule has 0 aliphatic carbocycles. The number of hydrogen-bond donors (Lipinski definition) is 1. The van der Waals surface area contributed by atoms with Gasteiger partial charge >= 0.3 is 5.97 Å². The molecule has 2 unspecified atom stereocenters. The van der Waals surface area contributed by atoms with E-state index in [0.29, 0.717) is 13.0 Å². The van der Waals surface area contributed by atoms with E-state index < -0.39 is 11.9 Å². The minimum absolute atomic E-state index is 0.0596. The lowest BCUT2D eigenvalue weighted by molar-refractivity contribution is -0.141. The first-order valence-corrected chi connectivity index (χ1v) is 4.69. The molecule has 1 N–H and O–H groups in total. The highest BCUT2D eigenvalue weighted by Gasteiger charge is 2.35. The van der Waals surface area contributed by atoms with Crippen molar-refractivity contribution in [2.75, 3.05) is 6.54 Å². The van der Waals surface area contributed by atoms with E-state index in [1.807, 2.05) is 6.92 Å². The Labute approximate surface area is 83.2 Å². The predicted molar refractivity (Wildman–Crippen MR) is 51.7 cm³/mol. The highest BCUT2D eigenvalue weighted by Crippen LogP contribution is 2.21. The fraction of sp³-hybridized carbons (Fsp3) is 0.600. The lowest BCUT2D eigenvalue weighted by Gasteiger charge is -2.23. The number of hydrogen-bond acceptors (Lipinski definition) is 2. The van der Waals surface area contributed by atoms with Crippen molar-refractivity contribution in [1.29, 1.82) is 0 Å². The van der Waals surface area contributed by atoms with Crippen molar-refractivity contribution >= 4 is 11.9 Å². The van der Waals surface area contributed by atoms with Gasteiger partial charge in [0.2, 0.25) is 5.91 Å². The number of rotatable bonds is 4. The van der Waals surface area contributed by atoms with Crippen LogP contribution in [-0.4, -0.2) is 34.5 Å². The van der Waals surface area contributed by atoms with Crippen molar-refractivity contribution < 1.29 is 14.7 Å². The SMILES string of the molecule is C=CCC(C)N1CC(C(=O)O)CC1=O. The van der Waals surface area contributed by atoms with Crippen LogP contribution in [-0.2, 0) is 9.59 Å². The Balaban J connectivity index is 2.60. The van der Waals surface area contributed by atoms with E-state index in [0.717, 1.165) is 0 Å². The molecule has 0 radical (unpaired) electrons. The quantitative estimate of drug-likeness (QED) is 0.681. The van der Waals surface area contributed by atoms with Crippen molar-refractivity contribution in [3.8, 4) is 0 Å². The average Bonchev–Trinajstić information content (AvgIpc) is 2.48. The van der Waals surface area contributed by atoms with E-state index in [9.17, 15) is 9.59 Å². The van der Waals surface area contributed by atoms with Gasteiger partial charge in [0.1, 0.15) is 0 Å². The lowest BCUT2D eigenvalue weighted by Crippen LogP contribution is -2.34. The number of amides is 1. The number of carbonyl (C=O) groups is 2. The Hall–Kier alpha value is -1.32. The van der Waals surface area contributed by atoms with Gasteiger partial charge in [0.05, 0.1) is 5.92 Å². The summed E-state index contributed by atoms with van der Waals surface area (Å²) in [4.78, 5) is 23.7. The van der Waals surface area contributed by atoms with Gasteiger partial charge < -0.3 is 10.0 Å². The molecule has 78 valence electrons. The number of carboxylic acid groups (broad SMARTS) is 1.